The van der Waals surface area contributed by atoms with Gasteiger partial charge in [0.05, 0.1) is 16.3 Å². The normalized spacial score (nSPS) is 15.8. The molecule has 0 aliphatic carbocycles. The third-order valence-corrected chi connectivity index (χ3v) is 4.61. The standard InChI is InChI=1S/C15H11N3O3S2/c1-9(19)18(11-5-3-2-4-6-11)14-16-10(8-22-14)7-12-13(20)17-15(21)23-12/h2-8H,1H3,(H,17,20,21)/b12-7-. The minimum atomic E-state index is -0.430. The van der Waals surface area contributed by atoms with Crippen molar-refractivity contribution in [3.8, 4) is 0 Å². The molecule has 3 amide bonds. The van der Waals surface area contributed by atoms with Gasteiger partial charge in [0, 0.05) is 12.3 Å². The molecule has 1 saturated heterocycles. The van der Waals surface area contributed by atoms with Crippen molar-refractivity contribution in [2.75, 3.05) is 4.90 Å². The smallest absolute Gasteiger partial charge is 0.282 e. The van der Waals surface area contributed by atoms with Crippen LogP contribution >= 0.6 is 23.1 Å². The van der Waals surface area contributed by atoms with Crippen molar-refractivity contribution in [2.24, 2.45) is 0 Å². The maximum atomic E-state index is 12.0. The summed E-state index contributed by atoms with van der Waals surface area (Å²) in [6.07, 6.45) is 1.54. The van der Waals surface area contributed by atoms with Crippen LogP contribution in [-0.4, -0.2) is 22.0 Å². The van der Waals surface area contributed by atoms with Crippen LogP contribution in [0.3, 0.4) is 0 Å². The van der Waals surface area contributed by atoms with Gasteiger partial charge in [-0.3, -0.25) is 24.6 Å². The number of imide groups is 1. The molecule has 1 fully saturated rings. The monoisotopic (exact) mass is 345 g/mol. The van der Waals surface area contributed by atoms with Gasteiger partial charge in [-0.05, 0) is 30.0 Å². The van der Waals surface area contributed by atoms with Gasteiger partial charge in [0.15, 0.2) is 5.13 Å². The SMILES string of the molecule is CC(=O)N(c1ccccc1)c1nc(/C=C2\SC(=O)NC2=O)cs1. The van der Waals surface area contributed by atoms with Crippen molar-refractivity contribution in [1.29, 1.82) is 0 Å². The van der Waals surface area contributed by atoms with Gasteiger partial charge in [0.25, 0.3) is 11.1 Å². The number of aromatic nitrogens is 1. The summed E-state index contributed by atoms with van der Waals surface area (Å²) in [7, 11) is 0. The third kappa shape index (κ3) is 3.33. The summed E-state index contributed by atoms with van der Waals surface area (Å²) in [5.41, 5.74) is 1.25. The molecule has 1 aromatic heterocycles. The van der Waals surface area contributed by atoms with Crippen molar-refractivity contribution in [3.63, 3.8) is 0 Å². The van der Waals surface area contributed by atoms with E-state index in [1.54, 1.807) is 5.38 Å². The van der Waals surface area contributed by atoms with E-state index in [1.807, 2.05) is 30.3 Å². The Labute approximate surface area is 140 Å². The van der Waals surface area contributed by atoms with Crippen LogP contribution in [0, 0.1) is 0 Å². The maximum Gasteiger partial charge on any atom is 0.290 e. The second-order valence-electron chi connectivity index (χ2n) is 4.60. The number of anilines is 2. The van der Waals surface area contributed by atoms with Gasteiger partial charge in [-0.15, -0.1) is 11.3 Å². The number of carbonyl (C=O) groups excluding carboxylic acids is 3. The average molecular weight is 345 g/mol. The number of carbonyl (C=O) groups is 3. The lowest BCUT2D eigenvalue weighted by Crippen LogP contribution is -2.22. The summed E-state index contributed by atoms with van der Waals surface area (Å²) in [6.45, 7) is 1.46. The number of rotatable bonds is 3. The number of benzene rings is 1. The zero-order valence-corrected chi connectivity index (χ0v) is 13.6. The highest BCUT2D eigenvalue weighted by Crippen LogP contribution is 2.31. The molecule has 0 atom stereocenters. The van der Waals surface area contributed by atoms with Gasteiger partial charge in [-0.1, -0.05) is 18.2 Å². The summed E-state index contributed by atoms with van der Waals surface area (Å²) in [5, 5.41) is 4.03. The van der Waals surface area contributed by atoms with Crippen LogP contribution in [0.15, 0.2) is 40.6 Å². The lowest BCUT2D eigenvalue weighted by atomic mass is 10.3. The van der Waals surface area contributed by atoms with E-state index < -0.39 is 11.1 Å². The molecule has 2 aromatic rings. The fraction of sp³-hybridized carbons (Fsp3) is 0.0667. The average Bonchev–Trinajstić information content (AvgIpc) is 3.07. The van der Waals surface area contributed by atoms with Gasteiger partial charge in [-0.25, -0.2) is 4.98 Å². The first kappa shape index (κ1) is 15.4. The van der Waals surface area contributed by atoms with E-state index in [0.29, 0.717) is 15.7 Å². The molecule has 23 heavy (non-hydrogen) atoms. The number of hydrogen-bond acceptors (Lipinski definition) is 6. The highest BCUT2D eigenvalue weighted by molar-refractivity contribution is 8.18. The molecule has 0 radical (unpaired) electrons. The summed E-state index contributed by atoms with van der Waals surface area (Å²) in [4.78, 5) is 40.8. The number of nitrogens with one attached hydrogen (secondary N) is 1. The van der Waals surface area contributed by atoms with Crippen LogP contribution in [0.5, 0.6) is 0 Å². The van der Waals surface area contributed by atoms with Crippen LogP contribution < -0.4 is 10.2 Å². The van der Waals surface area contributed by atoms with Crippen LogP contribution in [0.2, 0.25) is 0 Å². The van der Waals surface area contributed by atoms with Crippen molar-refractivity contribution >= 4 is 57.0 Å². The number of thioether (sulfide) groups is 1. The number of nitrogens with zero attached hydrogens (tertiary/aromatic N) is 2. The second kappa shape index (κ2) is 6.35. The highest BCUT2D eigenvalue weighted by Gasteiger charge is 2.25. The largest absolute Gasteiger partial charge is 0.290 e. The van der Waals surface area contributed by atoms with E-state index in [4.69, 9.17) is 0 Å². The lowest BCUT2D eigenvalue weighted by molar-refractivity contribution is -0.116. The van der Waals surface area contributed by atoms with E-state index >= 15 is 0 Å². The first-order valence-electron chi connectivity index (χ1n) is 6.61. The molecule has 0 saturated carbocycles. The Balaban J connectivity index is 1.91. The predicted molar refractivity (Wildman–Crippen MR) is 90.5 cm³/mol. The van der Waals surface area contributed by atoms with Gasteiger partial charge in [0.1, 0.15) is 0 Å². The summed E-state index contributed by atoms with van der Waals surface area (Å²) in [5.74, 6) is -0.589. The molecule has 0 unspecified atom stereocenters. The fourth-order valence-electron chi connectivity index (χ4n) is 2.00. The van der Waals surface area contributed by atoms with Gasteiger partial charge in [0.2, 0.25) is 5.91 Å². The number of amides is 3. The number of para-hydroxylation sites is 1. The summed E-state index contributed by atoms with van der Waals surface area (Å²) < 4.78 is 0. The Hall–Kier alpha value is -2.45. The molecule has 116 valence electrons. The molecule has 2 heterocycles. The molecule has 1 N–H and O–H groups in total. The molecule has 6 nitrogen and oxygen atoms in total. The zero-order chi connectivity index (χ0) is 16.4. The van der Waals surface area contributed by atoms with Crippen LogP contribution in [-0.2, 0) is 9.59 Å². The third-order valence-electron chi connectivity index (χ3n) is 2.95. The van der Waals surface area contributed by atoms with Gasteiger partial charge in [-0.2, -0.15) is 0 Å². The molecule has 0 bridgehead atoms. The van der Waals surface area contributed by atoms with Gasteiger partial charge >= 0.3 is 0 Å². The zero-order valence-electron chi connectivity index (χ0n) is 12.0. The lowest BCUT2D eigenvalue weighted by Gasteiger charge is -2.17. The van der Waals surface area contributed by atoms with E-state index in [9.17, 15) is 14.4 Å². The van der Waals surface area contributed by atoms with Crippen molar-refractivity contribution < 1.29 is 14.4 Å². The molecular formula is C15H11N3O3S2. The molecular weight excluding hydrogens is 334 g/mol. The molecule has 1 aliphatic heterocycles. The highest BCUT2D eigenvalue weighted by atomic mass is 32.2. The number of thiazole rings is 1. The first-order valence-corrected chi connectivity index (χ1v) is 8.30. The maximum absolute atomic E-state index is 12.0. The van der Waals surface area contributed by atoms with Crippen LogP contribution in [0.25, 0.3) is 6.08 Å². The second-order valence-corrected chi connectivity index (χ2v) is 6.45. The van der Waals surface area contributed by atoms with Crippen molar-refractivity contribution in [1.82, 2.24) is 10.3 Å². The fourth-order valence-corrected chi connectivity index (χ4v) is 3.52. The minimum absolute atomic E-state index is 0.159. The van der Waals surface area contributed by atoms with Crippen molar-refractivity contribution in [3.05, 3.63) is 46.3 Å². The van der Waals surface area contributed by atoms with Crippen LogP contribution in [0.1, 0.15) is 12.6 Å². The van der Waals surface area contributed by atoms with Crippen LogP contribution in [0.4, 0.5) is 15.6 Å². The molecule has 3 rings (SSSR count). The Kier molecular flexibility index (Phi) is 4.26. The summed E-state index contributed by atoms with van der Waals surface area (Å²) in [6, 6.07) is 9.19. The quantitative estimate of drug-likeness (QED) is 0.865. The topological polar surface area (TPSA) is 79.4 Å². The Bertz CT molecular complexity index is 814. The molecule has 1 aromatic carbocycles. The van der Waals surface area contributed by atoms with E-state index in [0.717, 1.165) is 17.4 Å². The Morgan fingerprint density at radius 1 is 1.26 bits per heavy atom. The van der Waals surface area contributed by atoms with E-state index in [-0.39, 0.29) is 5.91 Å². The molecule has 1 aliphatic rings. The summed E-state index contributed by atoms with van der Waals surface area (Å²) >= 11 is 2.12. The number of hydrogen-bond donors (Lipinski definition) is 1. The minimum Gasteiger partial charge on any atom is -0.282 e. The first-order chi connectivity index (χ1) is 11.0. The molecule has 8 heteroatoms. The van der Waals surface area contributed by atoms with E-state index in [1.165, 1.54) is 29.2 Å². The Morgan fingerprint density at radius 3 is 2.61 bits per heavy atom. The Morgan fingerprint density at radius 2 is 2.00 bits per heavy atom. The van der Waals surface area contributed by atoms with E-state index in [2.05, 4.69) is 10.3 Å². The predicted octanol–water partition coefficient (Wildman–Crippen LogP) is 3.15. The van der Waals surface area contributed by atoms with Gasteiger partial charge < -0.3 is 0 Å². The molecule has 0 spiro atoms. The van der Waals surface area contributed by atoms with Crippen molar-refractivity contribution in [2.45, 2.75) is 6.92 Å².